The Hall–Kier alpha value is -2.28. The number of hydrogen-bond donors (Lipinski definition) is 1. The van der Waals surface area contributed by atoms with E-state index in [1.165, 1.54) is 18.1 Å². The number of carboxylic acid groups (broad SMARTS) is 1. The quantitative estimate of drug-likeness (QED) is 0.781. The molecule has 114 valence electrons. The number of ether oxygens (including phenoxy) is 1. The van der Waals surface area contributed by atoms with Gasteiger partial charge in [-0.2, -0.15) is 0 Å². The van der Waals surface area contributed by atoms with Crippen LogP contribution < -0.4 is 0 Å². The smallest absolute Gasteiger partial charge is 0.336 e. The van der Waals surface area contributed by atoms with Gasteiger partial charge in [-0.25, -0.2) is 13.6 Å². The van der Waals surface area contributed by atoms with Gasteiger partial charge in [0, 0.05) is 20.2 Å². The van der Waals surface area contributed by atoms with Gasteiger partial charge in [0.1, 0.15) is 0 Å². The normalized spacial score (nSPS) is 10.2. The van der Waals surface area contributed by atoms with Crippen molar-refractivity contribution in [2.75, 3.05) is 26.8 Å². The Labute approximate surface area is 120 Å². The number of carbonyl (C=O) groups is 2. The monoisotopic (exact) mass is 299 g/mol. The van der Waals surface area contributed by atoms with E-state index in [9.17, 15) is 18.4 Å². The van der Waals surface area contributed by atoms with Gasteiger partial charge in [0.2, 0.25) is 0 Å². The maximum absolute atomic E-state index is 13.3. The maximum atomic E-state index is 13.3. The van der Waals surface area contributed by atoms with E-state index >= 15 is 0 Å². The van der Waals surface area contributed by atoms with Gasteiger partial charge in [-0.1, -0.05) is 6.08 Å². The highest BCUT2D eigenvalue weighted by molar-refractivity contribution is 6.04. The molecule has 1 amide bonds. The molecule has 0 saturated carbocycles. The lowest BCUT2D eigenvalue weighted by atomic mass is 10.1. The number of methoxy groups -OCH3 is 1. The molecule has 0 unspecified atom stereocenters. The van der Waals surface area contributed by atoms with Gasteiger partial charge in [0.15, 0.2) is 11.6 Å². The zero-order valence-corrected chi connectivity index (χ0v) is 11.4. The van der Waals surface area contributed by atoms with E-state index in [4.69, 9.17) is 9.84 Å². The van der Waals surface area contributed by atoms with Crippen LogP contribution in [-0.4, -0.2) is 48.7 Å². The number of aromatic carboxylic acids is 1. The first kappa shape index (κ1) is 16.8. The van der Waals surface area contributed by atoms with E-state index in [1.54, 1.807) is 0 Å². The first-order chi connectivity index (χ1) is 9.92. The average Bonchev–Trinajstić information content (AvgIpc) is 2.44. The highest BCUT2D eigenvalue weighted by Crippen LogP contribution is 2.17. The number of halogens is 2. The summed E-state index contributed by atoms with van der Waals surface area (Å²) >= 11 is 0. The van der Waals surface area contributed by atoms with E-state index in [0.29, 0.717) is 12.1 Å². The molecule has 1 N–H and O–H groups in total. The molecule has 0 aliphatic rings. The van der Waals surface area contributed by atoms with Crippen LogP contribution in [-0.2, 0) is 4.74 Å². The van der Waals surface area contributed by atoms with Crippen LogP contribution in [0.3, 0.4) is 0 Å². The van der Waals surface area contributed by atoms with E-state index in [-0.39, 0.29) is 19.7 Å². The molecule has 1 aromatic rings. The van der Waals surface area contributed by atoms with E-state index in [2.05, 4.69) is 6.58 Å². The van der Waals surface area contributed by atoms with Crippen LogP contribution in [0.25, 0.3) is 0 Å². The second-order valence-electron chi connectivity index (χ2n) is 4.15. The lowest BCUT2D eigenvalue weighted by Crippen LogP contribution is -2.35. The molecule has 21 heavy (non-hydrogen) atoms. The molecule has 0 fully saturated rings. The van der Waals surface area contributed by atoms with Crippen molar-refractivity contribution in [1.82, 2.24) is 4.90 Å². The largest absolute Gasteiger partial charge is 0.478 e. The second-order valence-corrected chi connectivity index (χ2v) is 4.15. The predicted octanol–water partition coefficient (Wildman–Crippen LogP) is 1.94. The third-order valence-electron chi connectivity index (χ3n) is 2.72. The van der Waals surface area contributed by atoms with Gasteiger partial charge in [0.25, 0.3) is 5.91 Å². The number of carbonyl (C=O) groups excluding carboxylic acids is 1. The van der Waals surface area contributed by atoms with Crippen molar-refractivity contribution in [3.8, 4) is 0 Å². The molecule has 0 aliphatic heterocycles. The van der Waals surface area contributed by atoms with E-state index in [1.807, 2.05) is 0 Å². The van der Waals surface area contributed by atoms with Crippen LogP contribution in [0, 0.1) is 11.6 Å². The molecular formula is C14H15F2NO4. The number of hydrogen-bond acceptors (Lipinski definition) is 3. The fourth-order valence-corrected chi connectivity index (χ4v) is 1.70. The van der Waals surface area contributed by atoms with E-state index in [0.717, 1.165) is 0 Å². The van der Waals surface area contributed by atoms with Crippen molar-refractivity contribution in [3.63, 3.8) is 0 Å². The third-order valence-corrected chi connectivity index (χ3v) is 2.72. The molecule has 0 heterocycles. The third kappa shape index (κ3) is 4.09. The zero-order chi connectivity index (χ0) is 16.0. The standard InChI is InChI=1S/C14H15F2NO4/c1-3-4-17(5-6-21-2)13(18)9-7-11(15)12(16)8-10(9)14(19)20/h3,7-8H,1,4-6H2,2H3,(H,19,20). The van der Waals surface area contributed by atoms with Crippen molar-refractivity contribution in [1.29, 1.82) is 0 Å². The minimum Gasteiger partial charge on any atom is -0.478 e. The van der Waals surface area contributed by atoms with Crippen LogP contribution in [0.4, 0.5) is 8.78 Å². The SMILES string of the molecule is C=CCN(CCOC)C(=O)c1cc(F)c(F)cc1C(=O)O. The van der Waals surface area contributed by atoms with Gasteiger partial charge in [0.05, 0.1) is 17.7 Å². The summed E-state index contributed by atoms with van der Waals surface area (Å²) in [5.74, 6) is -4.85. The molecule has 0 atom stereocenters. The minimum atomic E-state index is -1.51. The van der Waals surface area contributed by atoms with Crippen LogP contribution in [0.2, 0.25) is 0 Å². The summed E-state index contributed by atoms with van der Waals surface area (Å²) in [6, 6.07) is 1.08. The zero-order valence-electron chi connectivity index (χ0n) is 11.4. The highest BCUT2D eigenvalue weighted by Gasteiger charge is 2.23. The Bertz CT molecular complexity index is 560. The molecular weight excluding hydrogens is 284 g/mol. The van der Waals surface area contributed by atoms with E-state index < -0.39 is 34.6 Å². The van der Waals surface area contributed by atoms with Crippen LogP contribution in [0.15, 0.2) is 24.8 Å². The van der Waals surface area contributed by atoms with Crippen LogP contribution in [0.1, 0.15) is 20.7 Å². The topological polar surface area (TPSA) is 66.8 Å². The minimum absolute atomic E-state index is 0.125. The first-order valence-corrected chi connectivity index (χ1v) is 6.03. The average molecular weight is 299 g/mol. The summed E-state index contributed by atoms with van der Waals surface area (Å²) in [6.07, 6.45) is 1.44. The number of rotatable bonds is 7. The fourth-order valence-electron chi connectivity index (χ4n) is 1.70. The van der Waals surface area contributed by atoms with Gasteiger partial charge in [-0.05, 0) is 12.1 Å². The van der Waals surface area contributed by atoms with Crippen LogP contribution in [0.5, 0.6) is 0 Å². The fraction of sp³-hybridized carbons (Fsp3) is 0.286. The molecule has 0 bridgehead atoms. The van der Waals surface area contributed by atoms with Crippen molar-refractivity contribution in [3.05, 3.63) is 47.5 Å². The maximum Gasteiger partial charge on any atom is 0.336 e. The van der Waals surface area contributed by atoms with Gasteiger partial charge >= 0.3 is 5.97 Å². The Morgan fingerprint density at radius 1 is 1.33 bits per heavy atom. The lowest BCUT2D eigenvalue weighted by Gasteiger charge is -2.21. The molecule has 0 aromatic heterocycles. The summed E-state index contributed by atoms with van der Waals surface area (Å²) in [6.45, 7) is 3.99. The number of nitrogens with zero attached hydrogens (tertiary/aromatic N) is 1. The van der Waals surface area contributed by atoms with Crippen molar-refractivity contribution in [2.45, 2.75) is 0 Å². The highest BCUT2D eigenvalue weighted by atomic mass is 19.2. The Kier molecular flexibility index (Phi) is 5.98. The van der Waals surface area contributed by atoms with Gasteiger partial charge in [-0.3, -0.25) is 4.79 Å². The molecule has 0 spiro atoms. The molecule has 0 saturated heterocycles. The molecule has 1 aromatic carbocycles. The summed E-state index contributed by atoms with van der Waals surface area (Å²) in [7, 11) is 1.44. The second kappa shape index (κ2) is 7.49. The van der Waals surface area contributed by atoms with Crippen molar-refractivity contribution < 1.29 is 28.2 Å². The Balaban J connectivity index is 3.22. The number of carboxylic acids is 1. The molecule has 5 nitrogen and oxygen atoms in total. The van der Waals surface area contributed by atoms with Crippen molar-refractivity contribution >= 4 is 11.9 Å². The summed E-state index contributed by atoms with van der Waals surface area (Å²) < 4.78 is 31.3. The Morgan fingerprint density at radius 2 is 1.90 bits per heavy atom. The molecule has 1 rings (SSSR count). The number of amides is 1. The van der Waals surface area contributed by atoms with Gasteiger partial charge < -0.3 is 14.7 Å². The first-order valence-electron chi connectivity index (χ1n) is 6.03. The van der Waals surface area contributed by atoms with Gasteiger partial charge in [-0.15, -0.1) is 6.58 Å². The number of benzene rings is 1. The molecule has 0 radical (unpaired) electrons. The summed E-state index contributed by atoms with van der Waals surface area (Å²) in [4.78, 5) is 24.6. The predicted molar refractivity (Wildman–Crippen MR) is 71.3 cm³/mol. The molecule has 7 heteroatoms. The van der Waals surface area contributed by atoms with Crippen LogP contribution >= 0.6 is 0 Å². The molecule has 0 aliphatic carbocycles. The lowest BCUT2D eigenvalue weighted by molar-refractivity contribution is 0.0664. The Morgan fingerprint density at radius 3 is 2.38 bits per heavy atom. The summed E-state index contributed by atoms with van der Waals surface area (Å²) in [5.41, 5.74) is -1.01. The van der Waals surface area contributed by atoms with Crippen molar-refractivity contribution in [2.24, 2.45) is 0 Å². The summed E-state index contributed by atoms with van der Waals surface area (Å²) in [5, 5.41) is 9.01.